The zero-order valence-electron chi connectivity index (χ0n) is 30.2. The lowest BCUT2D eigenvalue weighted by molar-refractivity contribution is 1.58. The van der Waals surface area contributed by atoms with Crippen molar-refractivity contribution in [2.24, 2.45) is 0 Å². The van der Waals surface area contributed by atoms with E-state index in [4.69, 9.17) is 0 Å². The third kappa shape index (κ3) is 8.15. The Bertz CT molecular complexity index is 2770. The highest BCUT2D eigenvalue weighted by molar-refractivity contribution is 5.86. The van der Waals surface area contributed by atoms with Gasteiger partial charge in [-0.2, -0.15) is 0 Å². The van der Waals surface area contributed by atoms with Crippen LogP contribution in [0.3, 0.4) is 0 Å². The lowest BCUT2D eigenvalue weighted by atomic mass is 10.0. The normalized spacial score (nSPS) is 10.9. The van der Waals surface area contributed by atoms with Crippen molar-refractivity contribution in [3.63, 3.8) is 0 Å². The lowest BCUT2D eigenvalue weighted by Gasteiger charge is -2.00. The first kappa shape index (κ1) is 33.5. The van der Waals surface area contributed by atoms with Crippen LogP contribution in [0.2, 0.25) is 0 Å². The van der Waals surface area contributed by atoms with Crippen molar-refractivity contribution in [3.05, 3.63) is 237 Å². The molecule has 22 rings (SSSR count). The quantitative estimate of drug-likeness (QED) is 0.138. The molecule has 56 heavy (non-hydrogen) atoms. The van der Waals surface area contributed by atoms with Gasteiger partial charge in [-0.15, -0.1) is 0 Å². The zero-order chi connectivity index (χ0) is 37.5. The smallest absolute Gasteiger partial charge is 0.0255 e. The fourth-order valence-corrected chi connectivity index (χ4v) is 6.22. The molecule has 0 amide bonds. The van der Waals surface area contributed by atoms with Crippen LogP contribution in [0.4, 0.5) is 0 Å². The van der Waals surface area contributed by atoms with Gasteiger partial charge in [0.25, 0.3) is 0 Å². The van der Waals surface area contributed by atoms with Gasteiger partial charge in [0, 0.05) is 66.8 Å². The molecule has 8 aromatic carbocycles. The Hall–Kier alpha value is -8.36. The highest BCUT2D eigenvalue weighted by Gasteiger charge is 2.00. The second kappa shape index (κ2) is 15.3. The fraction of sp³-hybridized carbons (Fsp3) is 0. The van der Waals surface area contributed by atoms with E-state index in [0.29, 0.717) is 0 Å². The lowest BCUT2D eigenvalue weighted by Crippen LogP contribution is -1.82. The van der Waals surface area contributed by atoms with Crippen LogP contribution in [0, 0.1) is 71.0 Å². The Morgan fingerprint density at radius 1 is 0.143 bits per heavy atom. The van der Waals surface area contributed by atoms with Gasteiger partial charge < -0.3 is 0 Å². The second-order valence-electron chi connectivity index (χ2n) is 13.4. The molecule has 0 heteroatoms. The van der Waals surface area contributed by atoms with E-state index in [0.717, 1.165) is 88.3 Å². The standard InChI is InChI=1S/C56H28/c1-2-42-7-15-46(16-8-42)22-26-50-30-34-56-40-52(32-36-55(56)38-50)28-24-48-19-11-44(12-20-48)4-3-43-9-17-47(18-10-43)23-27-51-31-35-53-37-49(29-33-54(53)39-51)25-21-45-13-5-41(1)6-14-45/h5-20,29-40H. The summed E-state index contributed by atoms with van der Waals surface area (Å²) >= 11 is 0. The van der Waals surface area contributed by atoms with Crippen LogP contribution in [0.5, 0.6) is 0 Å². The molecule has 16 bridgehead atoms. The minimum atomic E-state index is 0.935. The van der Waals surface area contributed by atoms with Crippen molar-refractivity contribution < 1.29 is 0 Å². The molecule has 0 heterocycles. The van der Waals surface area contributed by atoms with Gasteiger partial charge in [-0.05, 0) is 167 Å². The molecular formula is C56H28. The molecule has 0 aromatic heterocycles. The summed E-state index contributed by atoms with van der Waals surface area (Å²) in [6.07, 6.45) is 0. The predicted octanol–water partition coefficient (Wildman–Crippen LogP) is 10.7. The molecular weight excluding hydrogens is 673 g/mol. The molecule has 0 atom stereocenters. The molecule has 252 valence electrons. The zero-order valence-corrected chi connectivity index (χ0v) is 30.2. The van der Waals surface area contributed by atoms with Crippen molar-refractivity contribution in [2.45, 2.75) is 0 Å². The van der Waals surface area contributed by atoms with Gasteiger partial charge in [0.05, 0.1) is 0 Å². The Balaban J connectivity index is 1.02. The maximum absolute atomic E-state index is 3.32. The third-order valence-corrected chi connectivity index (χ3v) is 9.33. The van der Waals surface area contributed by atoms with Crippen molar-refractivity contribution >= 4 is 21.5 Å². The number of rotatable bonds is 0. The van der Waals surface area contributed by atoms with Crippen LogP contribution in [0.15, 0.2) is 170 Å². The van der Waals surface area contributed by atoms with Crippen LogP contribution in [-0.4, -0.2) is 0 Å². The monoisotopic (exact) mass is 700 g/mol. The summed E-state index contributed by atoms with van der Waals surface area (Å²) in [7, 11) is 0. The molecule has 8 aromatic rings. The van der Waals surface area contributed by atoms with Gasteiger partial charge in [0.15, 0.2) is 0 Å². The van der Waals surface area contributed by atoms with Crippen LogP contribution >= 0.6 is 0 Å². The SMILES string of the molecule is C1#Cc2ccc(cc2)C#Cc2ccc3cc(ccc3c2)C#Cc2ccc(cc2)C#Cc2ccc(cc2)C#Cc2ccc3cc(ccc3c2)C#Cc2ccc1cc2. The molecule has 0 nitrogen and oxygen atoms in total. The van der Waals surface area contributed by atoms with E-state index < -0.39 is 0 Å². The van der Waals surface area contributed by atoms with Crippen molar-refractivity contribution in [2.75, 3.05) is 0 Å². The first-order valence-corrected chi connectivity index (χ1v) is 18.2. The number of benzene rings is 8. The summed E-state index contributed by atoms with van der Waals surface area (Å²) in [6, 6.07) is 57.3. The van der Waals surface area contributed by atoms with Crippen LogP contribution in [-0.2, 0) is 0 Å². The van der Waals surface area contributed by atoms with Crippen molar-refractivity contribution in [1.82, 2.24) is 0 Å². The molecule has 0 radical (unpaired) electrons. The van der Waals surface area contributed by atoms with E-state index in [1.165, 1.54) is 0 Å². The maximum Gasteiger partial charge on any atom is 0.0255 e. The first-order chi connectivity index (χ1) is 27.6. The van der Waals surface area contributed by atoms with Gasteiger partial charge >= 0.3 is 0 Å². The Morgan fingerprint density at radius 2 is 0.268 bits per heavy atom. The predicted molar refractivity (Wildman–Crippen MR) is 230 cm³/mol. The van der Waals surface area contributed by atoms with E-state index in [-0.39, 0.29) is 0 Å². The minimum Gasteiger partial charge on any atom is -0.0617 e. The molecule has 14 aliphatic carbocycles. The van der Waals surface area contributed by atoms with Crippen molar-refractivity contribution in [1.29, 1.82) is 0 Å². The molecule has 0 unspecified atom stereocenters. The Labute approximate surface area is 327 Å². The average molecular weight is 701 g/mol. The molecule has 0 N–H and O–H groups in total. The molecule has 0 aliphatic heterocycles. The average Bonchev–Trinajstić information content (AvgIpc) is 3.25. The summed E-state index contributed by atoms with van der Waals surface area (Å²) in [5, 5.41) is 4.50. The van der Waals surface area contributed by atoms with Crippen LogP contribution in [0.25, 0.3) is 21.5 Å². The summed E-state index contributed by atoms with van der Waals surface area (Å²) in [5.74, 6) is 39.5. The highest BCUT2D eigenvalue weighted by Crippen LogP contribution is 2.20. The van der Waals surface area contributed by atoms with Crippen LogP contribution in [0.1, 0.15) is 66.8 Å². The molecule has 0 fully saturated rings. The minimum absolute atomic E-state index is 0.935. The van der Waals surface area contributed by atoms with E-state index in [9.17, 15) is 0 Å². The Morgan fingerprint density at radius 3 is 0.429 bits per heavy atom. The largest absolute Gasteiger partial charge is 0.0617 e. The Kier molecular flexibility index (Phi) is 9.16. The van der Waals surface area contributed by atoms with Gasteiger partial charge in [0.1, 0.15) is 0 Å². The van der Waals surface area contributed by atoms with E-state index in [2.05, 4.69) is 144 Å². The van der Waals surface area contributed by atoms with E-state index >= 15 is 0 Å². The molecule has 0 saturated carbocycles. The van der Waals surface area contributed by atoms with Gasteiger partial charge in [-0.25, -0.2) is 0 Å². The maximum atomic E-state index is 3.32. The van der Waals surface area contributed by atoms with Gasteiger partial charge in [-0.3, -0.25) is 0 Å². The van der Waals surface area contributed by atoms with Crippen LogP contribution < -0.4 is 0 Å². The molecule has 0 saturated heterocycles. The van der Waals surface area contributed by atoms with Gasteiger partial charge in [-0.1, -0.05) is 95.3 Å². The van der Waals surface area contributed by atoms with E-state index in [1.54, 1.807) is 0 Å². The molecule has 0 spiro atoms. The topological polar surface area (TPSA) is 0 Å². The summed E-state index contributed by atoms with van der Waals surface area (Å²) in [6.45, 7) is 0. The summed E-state index contributed by atoms with van der Waals surface area (Å²) < 4.78 is 0. The van der Waals surface area contributed by atoms with E-state index in [1.807, 2.05) is 97.1 Å². The second-order valence-corrected chi connectivity index (χ2v) is 13.4. The molecule has 14 aliphatic rings. The number of hydrogen-bond donors (Lipinski definition) is 0. The van der Waals surface area contributed by atoms with Gasteiger partial charge in [0.2, 0.25) is 0 Å². The fourth-order valence-electron chi connectivity index (χ4n) is 6.22. The van der Waals surface area contributed by atoms with Crippen molar-refractivity contribution in [3.8, 4) is 71.0 Å². The summed E-state index contributed by atoms with van der Waals surface area (Å²) in [5.41, 5.74) is 11.3. The summed E-state index contributed by atoms with van der Waals surface area (Å²) in [4.78, 5) is 0. The first-order valence-electron chi connectivity index (χ1n) is 18.2. The third-order valence-electron chi connectivity index (χ3n) is 9.33. The highest BCUT2D eigenvalue weighted by atomic mass is 14.0. The number of hydrogen-bond acceptors (Lipinski definition) is 0.